The highest BCUT2D eigenvalue weighted by atomic mass is 15.0. The highest BCUT2D eigenvalue weighted by Gasteiger charge is 2.06. The SMILES string of the molecule is Cc1cc(NCc2cccc3cccnc23)nc(-c2cccnc2)n1. The van der Waals surface area contributed by atoms with Gasteiger partial charge >= 0.3 is 0 Å². The molecule has 1 aromatic carbocycles. The van der Waals surface area contributed by atoms with Gasteiger partial charge in [0.25, 0.3) is 0 Å². The number of rotatable bonds is 4. The predicted molar refractivity (Wildman–Crippen MR) is 99.1 cm³/mol. The number of fused-ring (bicyclic) bond motifs is 1. The summed E-state index contributed by atoms with van der Waals surface area (Å²) >= 11 is 0. The Labute approximate surface area is 145 Å². The van der Waals surface area contributed by atoms with E-state index in [1.165, 1.54) is 0 Å². The number of hydrogen-bond acceptors (Lipinski definition) is 5. The van der Waals surface area contributed by atoms with Crippen LogP contribution in [0.15, 0.2) is 67.1 Å². The van der Waals surface area contributed by atoms with Crippen molar-refractivity contribution in [1.29, 1.82) is 0 Å². The summed E-state index contributed by atoms with van der Waals surface area (Å²) in [6.07, 6.45) is 5.33. The van der Waals surface area contributed by atoms with Gasteiger partial charge in [-0.3, -0.25) is 9.97 Å². The van der Waals surface area contributed by atoms with Crippen LogP contribution in [0.4, 0.5) is 5.82 Å². The van der Waals surface area contributed by atoms with Crippen molar-refractivity contribution in [2.24, 2.45) is 0 Å². The fourth-order valence-electron chi connectivity index (χ4n) is 2.78. The van der Waals surface area contributed by atoms with Crippen molar-refractivity contribution in [3.05, 3.63) is 78.4 Å². The Morgan fingerprint density at radius 3 is 2.72 bits per heavy atom. The molecule has 0 radical (unpaired) electrons. The summed E-state index contributed by atoms with van der Waals surface area (Å²) in [5, 5.41) is 4.53. The summed E-state index contributed by atoms with van der Waals surface area (Å²) in [7, 11) is 0. The first-order valence-corrected chi connectivity index (χ1v) is 8.12. The van der Waals surface area contributed by atoms with Gasteiger partial charge in [0, 0.05) is 47.8 Å². The lowest BCUT2D eigenvalue weighted by atomic mass is 10.1. The number of benzene rings is 1. The zero-order chi connectivity index (χ0) is 17.1. The maximum Gasteiger partial charge on any atom is 0.163 e. The fraction of sp³-hybridized carbons (Fsp3) is 0.100. The second kappa shape index (κ2) is 6.65. The number of nitrogens with one attached hydrogen (secondary N) is 1. The van der Waals surface area contributed by atoms with Gasteiger partial charge in [0.15, 0.2) is 5.82 Å². The molecule has 0 spiro atoms. The maximum absolute atomic E-state index is 4.62. The van der Waals surface area contributed by atoms with Crippen LogP contribution >= 0.6 is 0 Å². The molecule has 25 heavy (non-hydrogen) atoms. The van der Waals surface area contributed by atoms with E-state index in [2.05, 4.69) is 43.5 Å². The van der Waals surface area contributed by atoms with Crippen molar-refractivity contribution >= 4 is 16.7 Å². The number of anilines is 1. The van der Waals surface area contributed by atoms with Crippen LogP contribution < -0.4 is 5.32 Å². The highest BCUT2D eigenvalue weighted by molar-refractivity contribution is 5.81. The zero-order valence-corrected chi connectivity index (χ0v) is 13.8. The molecule has 0 aliphatic rings. The molecular formula is C20H17N5. The quantitative estimate of drug-likeness (QED) is 0.613. The molecule has 4 aromatic rings. The van der Waals surface area contributed by atoms with Crippen LogP contribution in [0, 0.1) is 6.92 Å². The van der Waals surface area contributed by atoms with Gasteiger partial charge in [-0.1, -0.05) is 24.3 Å². The number of aromatic nitrogens is 4. The van der Waals surface area contributed by atoms with Crippen molar-refractivity contribution in [2.45, 2.75) is 13.5 Å². The molecule has 0 aliphatic carbocycles. The molecule has 1 N–H and O–H groups in total. The van der Waals surface area contributed by atoms with Gasteiger partial charge in [-0.2, -0.15) is 0 Å². The molecule has 0 saturated heterocycles. The molecule has 0 amide bonds. The van der Waals surface area contributed by atoms with E-state index in [9.17, 15) is 0 Å². The maximum atomic E-state index is 4.62. The standard InChI is InChI=1S/C20H17N5/c1-14-11-18(25-20(24-14)17-8-3-9-21-12-17)23-13-16-6-2-5-15-7-4-10-22-19(15)16/h2-12H,13H2,1H3,(H,23,24,25). The first-order chi connectivity index (χ1) is 12.3. The summed E-state index contributed by atoms with van der Waals surface area (Å²) in [5.74, 6) is 1.46. The Morgan fingerprint density at radius 1 is 0.960 bits per heavy atom. The smallest absolute Gasteiger partial charge is 0.163 e. The number of pyridine rings is 2. The van der Waals surface area contributed by atoms with Crippen molar-refractivity contribution in [2.75, 3.05) is 5.32 Å². The summed E-state index contributed by atoms with van der Waals surface area (Å²) in [5.41, 5.74) is 3.96. The van der Waals surface area contributed by atoms with E-state index >= 15 is 0 Å². The normalized spacial score (nSPS) is 10.8. The second-order valence-electron chi connectivity index (χ2n) is 5.81. The summed E-state index contributed by atoms with van der Waals surface area (Å²) < 4.78 is 0. The molecular weight excluding hydrogens is 310 g/mol. The fourth-order valence-corrected chi connectivity index (χ4v) is 2.78. The molecule has 5 heteroatoms. The van der Waals surface area contributed by atoms with E-state index in [1.807, 2.05) is 43.5 Å². The minimum atomic E-state index is 0.650. The number of aryl methyl sites for hydroxylation is 1. The minimum Gasteiger partial charge on any atom is -0.366 e. The molecule has 122 valence electrons. The third-order valence-electron chi connectivity index (χ3n) is 3.95. The van der Waals surface area contributed by atoms with Crippen LogP contribution in [-0.2, 0) is 6.54 Å². The van der Waals surface area contributed by atoms with Gasteiger partial charge in [-0.05, 0) is 30.7 Å². The Morgan fingerprint density at radius 2 is 1.84 bits per heavy atom. The van der Waals surface area contributed by atoms with Crippen LogP contribution in [0.2, 0.25) is 0 Å². The lowest BCUT2D eigenvalue weighted by molar-refractivity contribution is 1.06. The number of para-hydroxylation sites is 1. The second-order valence-corrected chi connectivity index (χ2v) is 5.81. The third kappa shape index (κ3) is 3.30. The Kier molecular flexibility index (Phi) is 4.04. The van der Waals surface area contributed by atoms with E-state index in [-0.39, 0.29) is 0 Å². The van der Waals surface area contributed by atoms with Gasteiger partial charge in [0.2, 0.25) is 0 Å². The Balaban J connectivity index is 1.62. The number of nitrogens with zero attached hydrogens (tertiary/aromatic N) is 4. The monoisotopic (exact) mass is 327 g/mol. The van der Waals surface area contributed by atoms with E-state index in [0.29, 0.717) is 12.4 Å². The largest absolute Gasteiger partial charge is 0.366 e. The zero-order valence-electron chi connectivity index (χ0n) is 13.8. The van der Waals surface area contributed by atoms with Crippen LogP contribution in [0.5, 0.6) is 0 Å². The van der Waals surface area contributed by atoms with Gasteiger partial charge < -0.3 is 5.32 Å². The first-order valence-electron chi connectivity index (χ1n) is 8.12. The average Bonchev–Trinajstić information content (AvgIpc) is 2.66. The molecule has 3 heterocycles. The Hall–Kier alpha value is -3.34. The predicted octanol–water partition coefficient (Wildman–Crippen LogP) is 4.01. The molecule has 5 nitrogen and oxygen atoms in total. The van der Waals surface area contributed by atoms with E-state index in [1.54, 1.807) is 12.4 Å². The van der Waals surface area contributed by atoms with E-state index < -0.39 is 0 Å². The third-order valence-corrected chi connectivity index (χ3v) is 3.95. The van der Waals surface area contributed by atoms with Gasteiger partial charge in [-0.15, -0.1) is 0 Å². The van der Waals surface area contributed by atoms with Crippen molar-refractivity contribution in [3.63, 3.8) is 0 Å². The van der Waals surface area contributed by atoms with E-state index in [4.69, 9.17) is 0 Å². The highest BCUT2D eigenvalue weighted by Crippen LogP contribution is 2.19. The lowest BCUT2D eigenvalue weighted by Gasteiger charge is -2.10. The lowest BCUT2D eigenvalue weighted by Crippen LogP contribution is -2.05. The molecule has 0 aliphatic heterocycles. The number of hydrogen-bond donors (Lipinski definition) is 1. The molecule has 0 atom stereocenters. The summed E-state index contributed by atoms with van der Waals surface area (Å²) in [6, 6.07) is 16.0. The van der Waals surface area contributed by atoms with Gasteiger partial charge in [0.05, 0.1) is 5.52 Å². The molecule has 0 bridgehead atoms. The van der Waals surface area contributed by atoms with E-state index in [0.717, 1.165) is 33.5 Å². The molecule has 0 fully saturated rings. The Bertz CT molecular complexity index is 1010. The van der Waals surface area contributed by atoms with Crippen molar-refractivity contribution in [3.8, 4) is 11.4 Å². The van der Waals surface area contributed by atoms with Crippen LogP contribution in [-0.4, -0.2) is 19.9 Å². The minimum absolute atomic E-state index is 0.650. The summed E-state index contributed by atoms with van der Waals surface area (Å²) in [4.78, 5) is 17.8. The van der Waals surface area contributed by atoms with Crippen molar-refractivity contribution in [1.82, 2.24) is 19.9 Å². The molecule has 3 aromatic heterocycles. The molecule has 0 saturated carbocycles. The topological polar surface area (TPSA) is 63.6 Å². The van der Waals surface area contributed by atoms with Crippen LogP contribution in [0.3, 0.4) is 0 Å². The summed E-state index contributed by atoms with van der Waals surface area (Å²) in [6.45, 7) is 2.61. The van der Waals surface area contributed by atoms with Gasteiger partial charge in [0.1, 0.15) is 5.82 Å². The van der Waals surface area contributed by atoms with Gasteiger partial charge in [-0.25, -0.2) is 9.97 Å². The molecule has 4 rings (SSSR count). The first kappa shape index (κ1) is 15.2. The average molecular weight is 327 g/mol. The van der Waals surface area contributed by atoms with Crippen molar-refractivity contribution < 1.29 is 0 Å². The van der Waals surface area contributed by atoms with Crippen LogP contribution in [0.25, 0.3) is 22.3 Å². The molecule has 0 unspecified atom stereocenters. The van der Waals surface area contributed by atoms with Crippen LogP contribution in [0.1, 0.15) is 11.3 Å².